The second-order valence-electron chi connectivity index (χ2n) is 5.56. The fourth-order valence-electron chi connectivity index (χ4n) is 2.69. The molecule has 0 saturated carbocycles. The van der Waals surface area contributed by atoms with Crippen LogP contribution in [0.5, 0.6) is 0 Å². The summed E-state index contributed by atoms with van der Waals surface area (Å²) in [6.07, 6.45) is 1.72. The van der Waals surface area contributed by atoms with Gasteiger partial charge in [-0.25, -0.2) is 4.39 Å². The van der Waals surface area contributed by atoms with E-state index in [-0.39, 0.29) is 5.82 Å². The van der Waals surface area contributed by atoms with Crippen LogP contribution in [-0.4, -0.2) is 13.6 Å². The second kappa shape index (κ2) is 7.58. The highest BCUT2D eigenvalue weighted by molar-refractivity contribution is 6.31. The van der Waals surface area contributed by atoms with Gasteiger partial charge in [-0.15, -0.1) is 0 Å². The zero-order chi connectivity index (χ0) is 15.2. The summed E-state index contributed by atoms with van der Waals surface area (Å²) >= 11 is 6.18. The molecule has 0 fully saturated rings. The molecule has 0 bridgehead atoms. The van der Waals surface area contributed by atoms with Crippen LogP contribution >= 0.6 is 11.6 Å². The van der Waals surface area contributed by atoms with Crippen molar-refractivity contribution in [2.75, 3.05) is 13.6 Å². The maximum Gasteiger partial charge on any atom is 0.123 e. The Morgan fingerprint density at radius 1 is 1.14 bits per heavy atom. The van der Waals surface area contributed by atoms with Crippen LogP contribution < -0.4 is 5.32 Å². The number of rotatable bonds is 6. The maximum atomic E-state index is 13.4. The van der Waals surface area contributed by atoms with Crippen molar-refractivity contribution in [2.45, 2.75) is 19.8 Å². The largest absolute Gasteiger partial charge is 0.319 e. The van der Waals surface area contributed by atoms with E-state index in [1.54, 1.807) is 12.1 Å². The van der Waals surface area contributed by atoms with Crippen molar-refractivity contribution in [2.24, 2.45) is 5.92 Å². The van der Waals surface area contributed by atoms with Gasteiger partial charge in [0.05, 0.1) is 0 Å². The summed E-state index contributed by atoms with van der Waals surface area (Å²) in [6.45, 7) is 2.97. The number of halogens is 2. The van der Waals surface area contributed by atoms with Gasteiger partial charge >= 0.3 is 0 Å². The molecule has 2 aromatic rings. The molecule has 0 amide bonds. The highest BCUT2D eigenvalue weighted by Gasteiger charge is 2.13. The monoisotopic (exact) mass is 305 g/mol. The topological polar surface area (TPSA) is 12.0 Å². The van der Waals surface area contributed by atoms with Gasteiger partial charge in [-0.3, -0.25) is 0 Å². The van der Waals surface area contributed by atoms with Gasteiger partial charge in [0, 0.05) is 5.02 Å². The molecule has 0 heterocycles. The van der Waals surface area contributed by atoms with E-state index in [4.69, 9.17) is 11.6 Å². The molecule has 0 radical (unpaired) electrons. The van der Waals surface area contributed by atoms with Gasteiger partial charge in [0.15, 0.2) is 0 Å². The van der Waals surface area contributed by atoms with Gasteiger partial charge < -0.3 is 5.32 Å². The lowest BCUT2D eigenvalue weighted by Gasteiger charge is -2.18. The zero-order valence-electron chi connectivity index (χ0n) is 12.5. The van der Waals surface area contributed by atoms with Crippen LogP contribution in [0.15, 0.2) is 42.5 Å². The Hall–Kier alpha value is -1.38. The third-order valence-electron chi connectivity index (χ3n) is 3.62. The molecule has 2 aromatic carbocycles. The van der Waals surface area contributed by atoms with Crippen LogP contribution in [0.25, 0.3) is 0 Å². The lowest BCUT2D eigenvalue weighted by molar-refractivity contribution is 0.491. The summed E-state index contributed by atoms with van der Waals surface area (Å²) in [5, 5.41) is 3.86. The van der Waals surface area contributed by atoms with Crippen molar-refractivity contribution >= 4 is 11.6 Å². The minimum Gasteiger partial charge on any atom is -0.319 e. The molecule has 21 heavy (non-hydrogen) atoms. The molecule has 0 aliphatic carbocycles. The minimum absolute atomic E-state index is 0.229. The fourth-order valence-corrected chi connectivity index (χ4v) is 2.88. The van der Waals surface area contributed by atoms with E-state index in [1.165, 1.54) is 17.2 Å². The minimum atomic E-state index is -0.229. The van der Waals surface area contributed by atoms with Crippen molar-refractivity contribution < 1.29 is 4.39 Å². The van der Waals surface area contributed by atoms with Crippen molar-refractivity contribution in [3.05, 3.63) is 70.0 Å². The molecule has 0 spiro atoms. The van der Waals surface area contributed by atoms with Crippen molar-refractivity contribution in [3.63, 3.8) is 0 Å². The van der Waals surface area contributed by atoms with Gasteiger partial charge in [0.1, 0.15) is 5.82 Å². The predicted octanol–water partition coefficient (Wildman–Crippen LogP) is 4.41. The van der Waals surface area contributed by atoms with Crippen LogP contribution in [-0.2, 0) is 12.8 Å². The average molecular weight is 306 g/mol. The molecule has 112 valence electrons. The lowest BCUT2D eigenvalue weighted by Crippen LogP contribution is -2.23. The van der Waals surface area contributed by atoms with Gasteiger partial charge in [0.2, 0.25) is 0 Å². The Morgan fingerprint density at radius 3 is 2.67 bits per heavy atom. The first kappa shape index (κ1) is 16.0. The Morgan fingerprint density at radius 2 is 1.95 bits per heavy atom. The Balaban J connectivity index is 2.13. The van der Waals surface area contributed by atoms with Crippen LogP contribution in [0, 0.1) is 18.7 Å². The third-order valence-corrected chi connectivity index (χ3v) is 3.98. The summed E-state index contributed by atoms with van der Waals surface area (Å²) < 4.78 is 13.4. The first-order valence-corrected chi connectivity index (χ1v) is 7.60. The average Bonchev–Trinajstić information content (AvgIpc) is 2.43. The van der Waals surface area contributed by atoms with E-state index >= 15 is 0 Å². The Labute approximate surface area is 131 Å². The standard InChI is InChI=1S/C18H21ClFN/c1-13-4-3-5-14(8-13)9-15(12-21-2)10-16-11-17(20)6-7-18(16)19/h3-8,11,15,21H,9-10,12H2,1-2H3. The summed E-state index contributed by atoms with van der Waals surface area (Å²) in [7, 11) is 1.94. The first-order valence-electron chi connectivity index (χ1n) is 7.22. The molecule has 0 aromatic heterocycles. The number of benzene rings is 2. The third kappa shape index (κ3) is 4.83. The zero-order valence-corrected chi connectivity index (χ0v) is 13.3. The van der Waals surface area contributed by atoms with E-state index in [1.807, 2.05) is 7.05 Å². The van der Waals surface area contributed by atoms with E-state index in [0.29, 0.717) is 10.9 Å². The quantitative estimate of drug-likeness (QED) is 0.833. The molecule has 2 rings (SSSR count). The Kier molecular flexibility index (Phi) is 5.77. The smallest absolute Gasteiger partial charge is 0.123 e. The molecule has 0 saturated heterocycles. The summed E-state index contributed by atoms with van der Waals surface area (Å²) in [5.41, 5.74) is 3.45. The molecular formula is C18H21ClFN. The van der Waals surface area contributed by atoms with Crippen molar-refractivity contribution in [1.29, 1.82) is 0 Å². The van der Waals surface area contributed by atoms with Crippen LogP contribution in [0.4, 0.5) is 4.39 Å². The van der Waals surface area contributed by atoms with E-state index in [0.717, 1.165) is 24.9 Å². The van der Waals surface area contributed by atoms with Gasteiger partial charge in [0.25, 0.3) is 0 Å². The van der Waals surface area contributed by atoms with E-state index in [2.05, 4.69) is 36.5 Å². The number of nitrogens with one attached hydrogen (secondary N) is 1. The molecule has 0 aliphatic heterocycles. The van der Waals surface area contributed by atoms with Gasteiger partial charge in [-0.1, -0.05) is 41.4 Å². The van der Waals surface area contributed by atoms with E-state index < -0.39 is 0 Å². The fraction of sp³-hybridized carbons (Fsp3) is 0.333. The molecule has 1 N–H and O–H groups in total. The van der Waals surface area contributed by atoms with Gasteiger partial charge in [-0.2, -0.15) is 0 Å². The number of hydrogen-bond donors (Lipinski definition) is 1. The number of hydrogen-bond acceptors (Lipinski definition) is 1. The maximum absolute atomic E-state index is 13.4. The molecule has 1 nitrogen and oxygen atoms in total. The lowest BCUT2D eigenvalue weighted by atomic mass is 9.92. The normalized spacial score (nSPS) is 12.4. The summed E-state index contributed by atoms with van der Waals surface area (Å²) in [4.78, 5) is 0. The van der Waals surface area contributed by atoms with Crippen LogP contribution in [0.3, 0.4) is 0 Å². The highest BCUT2D eigenvalue weighted by atomic mass is 35.5. The molecule has 1 unspecified atom stereocenters. The second-order valence-corrected chi connectivity index (χ2v) is 5.96. The molecule has 3 heteroatoms. The Bertz CT molecular complexity index is 598. The van der Waals surface area contributed by atoms with Gasteiger partial charge in [-0.05, 0) is 68.6 Å². The predicted molar refractivity (Wildman–Crippen MR) is 87.4 cm³/mol. The number of aryl methyl sites for hydroxylation is 1. The van der Waals surface area contributed by atoms with Crippen LogP contribution in [0.2, 0.25) is 5.02 Å². The molecular weight excluding hydrogens is 285 g/mol. The van der Waals surface area contributed by atoms with Crippen molar-refractivity contribution in [3.8, 4) is 0 Å². The van der Waals surface area contributed by atoms with Crippen molar-refractivity contribution in [1.82, 2.24) is 5.32 Å². The SMILES string of the molecule is CNCC(Cc1cccc(C)c1)Cc1cc(F)ccc1Cl. The van der Waals surface area contributed by atoms with Crippen LogP contribution in [0.1, 0.15) is 16.7 Å². The van der Waals surface area contributed by atoms with E-state index in [9.17, 15) is 4.39 Å². The molecule has 1 atom stereocenters. The first-order chi connectivity index (χ1) is 10.1. The molecule has 0 aliphatic rings. The summed E-state index contributed by atoms with van der Waals surface area (Å²) in [6, 6.07) is 13.1. The summed E-state index contributed by atoms with van der Waals surface area (Å²) in [5.74, 6) is 0.157. The highest BCUT2D eigenvalue weighted by Crippen LogP contribution is 2.22.